The van der Waals surface area contributed by atoms with E-state index in [2.05, 4.69) is 4.98 Å². The fourth-order valence-electron chi connectivity index (χ4n) is 2.00. The molecule has 5 heteroatoms. The number of carboxylic acid groups (broad SMARTS) is 1. The Labute approximate surface area is 99.1 Å². The number of aliphatic carboxylic acids is 1. The zero-order chi connectivity index (χ0) is 12.4. The van der Waals surface area contributed by atoms with Gasteiger partial charge in [-0.05, 0) is 25.0 Å². The van der Waals surface area contributed by atoms with E-state index in [0.717, 1.165) is 5.56 Å². The zero-order valence-electron chi connectivity index (χ0n) is 9.59. The molecule has 1 saturated heterocycles. The van der Waals surface area contributed by atoms with Gasteiger partial charge in [-0.2, -0.15) is 0 Å². The molecule has 1 atom stereocenters. The van der Waals surface area contributed by atoms with Gasteiger partial charge in [0, 0.05) is 25.5 Å². The van der Waals surface area contributed by atoms with E-state index in [9.17, 15) is 9.59 Å². The maximum Gasteiger partial charge on any atom is 0.308 e. The number of aromatic nitrogens is 1. The van der Waals surface area contributed by atoms with Gasteiger partial charge in [-0.25, -0.2) is 0 Å². The molecule has 90 valence electrons. The normalized spacial score (nSPS) is 19.4. The van der Waals surface area contributed by atoms with Crippen LogP contribution in [0.25, 0.3) is 0 Å². The van der Waals surface area contributed by atoms with Gasteiger partial charge in [0.15, 0.2) is 0 Å². The third-order valence-electron chi connectivity index (χ3n) is 3.09. The summed E-state index contributed by atoms with van der Waals surface area (Å²) in [5.74, 6) is -1.39. The molecule has 1 aliphatic heterocycles. The third kappa shape index (κ3) is 2.27. The number of carbonyl (C=O) groups excluding carboxylic acids is 1. The highest BCUT2D eigenvalue weighted by molar-refractivity contribution is 5.95. The van der Waals surface area contributed by atoms with Crippen molar-refractivity contribution in [2.75, 3.05) is 13.1 Å². The Bertz CT molecular complexity index is 459. The molecule has 0 radical (unpaired) electrons. The van der Waals surface area contributed by atoms with E-state index in [4.69, 9.17) is 5.11 Å². The highest BCUT2D eigenvalue weighted by atomic mass is 16.4. The van der Waals surface area contributed by atoms with E-state index >= 15 is 0 Å². The van der Waals surface area contributed by atoms with Gasteiger partial charge in [0.1, 0.15) is 0 Å². The smallest absolute Gasteiger partial charge is 0.308 e. The number of aryl methyl sites for hydroxylation is 1. The van der Waals surface area contributed by atoms with E-state index < -0.39 is 11.9 Å². The average Bonchev–Trinajstić information content (AvgIpc) is 2.78. The van der Waals surface area contributed by atoms with Crippen LogP contribution in [0.15, 0.2) is 18.5 Å². The van der Waals surface area contributed by atoms with Gasteiger partial charge in [-0.3, -0.25) is 14.6 Å². The number of pyridine rings is 1. The van der Waals surface area contributed by atoms with E-state index in [-0.39, 0.29) is 5.91 Å². The summed E-state index contributed by atoms with van der Waals surface area (Å²) in [6.45, 7) is 2.65. The number of likely N-dealkylation sites (tertiary alicyclic amines) is 1. The Hall–Kier alpha value is -1.91. The molecule has 2 heterocycles. The molecular weight excluding hydrogens is 220 g/mol. The molecule has 2 rings (SSSR count). The van der Waals surface area contributed by atoms with Crippen molar-refractivity contribution < 1.29 is 14.7 Å². The fraction of sp³-hybridized carbons (Fsp3) is 0.417. The van der Waals surface area contributed by atoms with Crippen LogP contribution in [0, 0.1) is 12.8 Å². The third-order valence-corrected chi connectivity index (χ3v) is 3.09. The first-order valence-electron chi connectivity index (χ1n) is 5.52. The van der Waals surface area contributed by atoms with Crippen LogP contribution in [-0.2, 0) is 4.79 Å². The zero-order valence-corrected chi connectivity index (χ0v) is 9.59. The Morgan fingerprint density at radius 1 is 1.53 bits per heavy atom. The largest absolute Gasteiger partial charge is 0.481 e. The first-order valence-corrected chi connectivity index (χ1v) is 5.52. The second kappa shape index (κ2) is 4.53. The fourth-order valence-corrected chi connectivity index (χ4v) is 2.00. The molecule has 1 unspecified atom stereocenters. The van der Waals surface area contributed by atoms with Gasteiger partial charge in [-0.1, -0.05) is 0 Å². The Balaban J connectivity index is 2.13. The van der Waals surface area contributed by atoms with Gasteiger partial charge >= 0.3 is 5.97 Å². The molecule has 1 aromatic rings. The summed E-state index contributed by atoms with van der Waals surface area (Å²) in [6.07, 6.45) is 3.70. The van der Waals surface area contributed by atoms with Crippen LogP contribution in [-0.4, -0.2) is 40.0 Å². The molecule has 0 aliphatic carbocycles. The van der Waals surface area contributed by atoms with Crippen LogP contribution in [0.1, 0.15) is 22.3 Å². The maximum absolute atomic E-state index is 12.1. The van der Waals surface area contributed by atoms with Gasteiger partial charge in [0.25, 0.3) is 5.91 Å². The molecule has 1 fully saturated rings. The number of carboxylic acids is 1. The Morgan fingerprint density at radius 2 is 2.29 bits per heavy atom. The lowest BCUT2D eigenvalue weighted by Gasteiger charge is -2.16. The molecule has 1 aliphatic rings. The van der Waals surface area contributed by atoms with Crippen LogP contribution < -0.4 is 0 Å². The van der Waals surface area contributed by atoms with E-state index in [1.165, 1.54) is 6.20 Å². The van der Waals surface area contributed by atoms with Crippen molar-refractivity contribution in [2.45, 2.75) is 13.3 Å². The minimum atomic E-state index is -0.830. The highest BCUT2D eigenvalue weighted by Crippen LogP contribution is 2.19. The van der Waals surface area contributed by atoms with Gasteiger partial charge in [-0.15, -0.1) is 0 Å². The lowest BCUT2D eigenvalue weighted by atomic mass is 10.1. The number of rotatable bonds is 2. The van der Waals surface area contributed by atoms with E-state index in [1.807, 2.05) is 6.92 Å². The number of hydrogen-bond acceptors (Lipinski definition) is 3. The predicted molar refractivity (Wildman–Crippen MR) is 60.6 cm³/mol. The SMILES string of the molecule is Cc1ccncc1C(=O)N1CCC(C(=O)O)C1. The summed E-state index contributed by atoms with van der Waals surface area (Å²) in [5, 5.41) is 8.89. The number of hydrogen-bond donors (Lipinski definition) is 1. The van der Waals surface area contributed by atoms with Gasteiger partial charge in [0.2, 0.25) is 0 Å². The van der Waals surface area contributed by atoms with Crippen LogP contribution >= 0.6 is 0 Å². The number of amides is 1. The first-order chi connectivity index (χ1) is 8.09. The molecule has 1 amide bonds. The minimum Gasteiger partial charge on any atom is -0.481 e. The second-order valence-electron chi connectivity index (χ2n) is 4.27. The van der Waals surface area contributed by atoms with Crippen LogP contribution in [0.3, 0.4) is 0 Å². The summed E-state index contributed by atoms with van der Waals surface area (Å²) in [5.41, 5.74) is 1.42. The monoisotopic (exact) mass is 234 g/mol. The van der Waals surface area contributed by atoms with Crippen LogP contribution in [0.5, 0.6) is 0 Å². The molecule has 0 aromatic carbocycles. The van der Waals surface area contributed by atoms with E-state index in [0.29, 0.717) is 25.1 Å². The molecule has 0 spiro atoms. The van der Waals surface area contributed by atoms with Crippen molar-refractivity contribution in [2.24, 2.45) is 5.92 Å². The topological polar surface area (TPSA) is 70.5 Å². The quantitative estimate of drug-likeness (QED) is 0.826. The summed E-state index contributed by atoms with van der Waals surface area (Å²) >= 11 is 0. The average molecular weight is 234 g/mol. The number of nitrogens with zero attached hydrogens (tertiary/aromatic N) is 2. The standard InChI is InChI=1S/C12H14N2O3/c1-8-2-4-13-6-10(8)11(15)14-5-3-9(7-14)12(16)17/h2,4,6,9H,3,5,7H2,1H3,(H,16,17). The second-order valence-corrected chi connectivity index (χ2v) is 4.27. The Morgan fingerprint density at radius 3 is 2.88 bits per heavy atom. The summed E-state index contributed by atoms with van der Waals surface area (Å²) in [7, 11) is 0. The summed E-state index contributed by atoms with van der Waals surface area (Å²) in [6, 6.07) is 1.78. The highest BCUT2D eigenvalue weighted by Gasteiger charge is 2.31. The van der Waals surface area contributed by atoms with Crippen molar-refractivity contribution in [3.63, 3.8) is 0 Å². The molecule has 1 N–H and O–H groups in total. The van der Waals surface area contributed by atoms with Crippen molar-refractivity contribution in [1.29, 1.82) is 0 Å². The van der Waals surface area contributed by atoms with Crippen molar-refractivity contribution in [1.82, 2.24) is 9.88 Å². The lowest BCUT2D eigenvalue weighted by Crippen LogP contribution is -2.30. The summed E-state index contributed by atoms with van der Waals surface area (Å²) < 4.78 is 0. The van der Waals surface area contributed by atoms with E-state index in [1.54, 1.807) is 17.2 Å². The van der Waals surface area contributed by atoms with Crippen molar-refractivity contribution in [3.05, 3.63) is 29.6 Å². The van der Waals surface area contributed by atoms with Crippen molar-refractivity contribution in [3.8, 4) is 0 Å². The van der Waals surface area contributed by atoms with Crippen LogP contribution in [0.4, 0.5) is 0 Å². The van der Waals surface area contributed by atoms with Gasteiger partial charge in [0.05, 0.1) is 11.5 Å². The molecule has 0 saturated carbocycles. The molecule has 5 nitrogen and oxygen atoms in total. The minimum absolute atomic E-state index is 0.126. The predicted octanol–water partition coefficient (Wildman–Crippen LogP) is 0.937. The van der Waals surface area contributed by atoms with Crippen molar-refractivity contribution >= 4 is 11.9 Å². The van der Waals surface area contributed by atoms with Crippen LogP contribution in [0.2, 0.25) is 0 Å². The maximum atomic E-state index is 12.1. The molecular formula is C12H14N2O3. The molecule has 0 bridgehead atoms. The lowest BCUT2D eigenvalue weighted by molar-refractivity contribution is -0.141. The molecule has 17 heavy (non-hydrogen) atoms. The Kier molecular flexibility index (Phi) is 3.08. The first kappa shape index (κ1) is 11.6. The van der Waals surface area contributed by atoms with Gasteiger partial charge < -0.3 is 10.0 Å². The summed E-state index contributed by atoms with van der Waals surface area (Å²) in [4.78, 5) is 28.5. The molecule has 1 aromatic heterocycles. The number of carbonyl (C=O) groups is 2.